The standard InChI is InChI=1S/C16H16FNO2/c1-11-6-7-13(16(19)20-2)9-15(11)18-10-12-4-3-5-14(17)8-12/h3-9,18H,10H2,1-2H3. The summed E-state index contributed by atoms with van der Waals surface area (Å²) >= 11 is 0. The lowest BCUT2D eigenvalue weighted by Gasteiger charge is -2.11. The average molecular weight is 273 g/mol. The minimum atomic E-state index is -0.376. The molecule has 0 bridgehead atoms. The van der Waals surface area contributed by atoms with Crippen molar-refractivity contribution in [3.8, 4) is 0 Å². The minimum absolute atomic E-state index is 0.260. The first-order valence-corrected chi connectivity index (χ1v) is 6.27. The summed E-state index contributed by atoms with van der Waals surface area (Å²) in [5.74, 6) is -0.636. The quantitative estimate of drug-likeness (QED) is 0.866. The largest absolute Gasteiger partial charge is 0.465 e. The number of benzene rings is 2. The van der Waals surface area contributed by atoms with Gasteiger partial charge in [0.05, 0.1) is 12.7 Å². The van der Waals surface area contributed by atoms with Crippen molar-refractivity contribution in [2.24, 2.45) is 0 Å². The molecule has 0 spiro atoms. The molecule has 2 aromatic carbocycles. The Morgan fingerprint density at radius 2 is 2.05 bits per heavy atom. The molecule has 0 fully saturated rings. The molecule has 0 aromatic heterocycles. The highest BCUT2D eigenvalue weighted by Crippen LogP contribution is 2.18. The summed E-state index contributed by atoms with van der Waals surface area (Å²) in [4.78, 5) is 11.5. The molecule has 0 atom stereocenters. The van der Waals surface area contributed by atoms with Crippen molar-refractivity contribution in [1.82, 2.24) is 0 Å². The predicted molar refractivity (Wildman–Crippen MR) is 76.2 cm³/mol. The molecule has 0 aliphatic heterocycles. The number of halogens is 1. The van der Waals surface area contributed by atoms with E-state index in [4.69, 9.17) is 4.74 Å². The van der Waals surface area contributed by atoms with Crippen molar-refractivity contribution in [2.75, 3.05) is 12.4 Å². The Morgan fingerprint density at radius 3 is 2.75 bits per heavy atom. The van der Waals surface area contributed by atoms with Gasteiger partial charge < -0.3 is 10.1 Å². The predicted octanol–water partition coefficient (Wildman–Crippen LogP) is 3.53. The van der Waals surface area contributed by atoms with E-state index in [2.05, 4.69) is 5.32 Å². The number of esters is 1. The number of nitrogens with one attached hydrogen (secondary N) is 1. The Bertz CT molecular complexity index is 626. The number of ether oxygens (including phenoxy) is 1. The van der Waals surface area contributed by atoms with E-state index in [-0.39, 0.29) is 11.8 Å². The molecule has 0 radical (unpaired) electrons. The van der Waals surface area contributed by atoms with Crippen molar-refractivity contribution >= 4 is 11.7 Å². The normalized spacial score (nSPS) is 10.2. The van der Waals surface area contributed by atoms with Crippen molar-refractivity contribution in [3.05, 3.63) is 65.0 Å². The Balaban J connectivity index is 2.14. The summed E-state index contributed by atoms with van der Waals surface area (Å²) in [6, 6.07) is 11.7. The van der Waals surface area contributed by atoms with Gasteiger partial charge in [0.25, 0.3) is 0 Å². The summed E-state index contributed by atoms with van der Waals surface area (Å²) in [6.07, 6.45) is 0. The molecule has 0 aliphatic rings. The van der Waals surface area contributed by atoms with Gasteiger partial charge in [0, 0.05) is 12.2 Å². The van der Waals surface area contributed by atoms with Crippen LogP contribution < -0.4 is 5.32 Å². The fraction of sp³-hybridized carbons (Fsp3) is 0.188. The number of carbonyl (C=O) groups excluding carboxylic acids is 1. The van der Waals surface area contributed by atoms with Gasteiger partial charge >= 0.3 is 5.97 Å². The average Bonchev–Trinajstić information content (AvgIpc) is 2.45. The van der Waals surface area contributed by atoms with Crippen LogP contribution in [0.5, 0.6) is 0 Å². The molecule has 2 aromatic rings. The third-order valence-corrected chi connectivity index (χ3v) is 3.03. The number of carbonyl (C=O) groups is 1. The molecule has 3 nitrogen and oxygen atoms in total. The molecule has 4 heteroatoms. The number of aryl methyl sites for hydroxylation is 1. The first-order valence-electron chi connectivity index (χ1n) is 6.27. The number of anilines is 1. The van der Waals surface area contributed by atoms with Gasteiger partial charge in [0.2, 0.25) is 0 Å². The van der Waals surface area contributed by atoms with Gasteiger partial charge in [-0.1, -0.05) is 18.2 Å². The Hall–Kier alpha value is -2.36. The Labute approximate surface area is 117 Å². The number of hydrogen-bond donors (Lipinski definition) is 1. The maximum Gasteiger partial charge on any atom is 0.337 e. The van der Waals surface area contributed by atoms with Crippen LogP contribution in [0.15, 0.2) is 42.5 Å². The van der Waals surface area contributed by atoms with Crippen molar-refractivity contribution in [1.29, 1.82) is 0 Å². The van der Waals surface area contributed by atoms with Gasteiger partial charge in [-0.25, -0.2) is 9.18 Å². The van der Waals surface area contributed by atoms with Gasteiger partial charge in [-0.15, -0.1) is 0 Å². The third kappa shape index (κ3) is 3.35. The zero-order chi connectivity index (χ0) is 14.5. The van der Waals surface area contributed by atoms with Gasteiger partial charge in [-0.2, -0.15) is 0 Å². The highest BCUT2D eigenvalue weighted by atomic mass is 19.1. The summed E-state index contributed by atoms with van der Waals surface area (Å²) in [5.41, 5.74) is 3.17. The van der Waals surface area contributed by atoms with Crippen LogP contribution in [0, 0.1) is 12.7 Å². The number of rotatable bonds is 4. The molecule has 2 rings (SSSR count). The van der Waals surface area contributed by atoms with E-state index in [1.54, 1.807) is 18.2 Å². The van der Waals surface area contributed by atoms with Crippen LogP contribution in [0.3, 0.4) is 0 Å². The van der Waals surface area contributed by atoms with Crippen LogP contribution in [-0.2, 0) is 11.3 Å². The highest BCUT2D eigenvalue weighted by molar-refractivity contribution is 5.90. The van der Waals surface area contributed by atoms with Crippen LogP contribution in [0.4, 0.5) is 10.1 Å². The molecule has 0 unspecified atom stereocenters. The zero-order valence-electron chi connectivity index (χ0n) is 11.4. The monoisotopic (exact) mass is 273 g/mol. The molecule has 1 N–H and O–H groups in total. The topological polar surface area (TPSA) is 38.3 Å². The van der Waals surface area contributed by atoms with Crippen LogP contribution in [0.1, 0.15) is 21.5 Å². The molecular weight excluding hydrogens is 257 g/mol. The maximum atomic E-state index is 13.1. The minimum Gasteiger partial charge on any atom is -0.465 e. The number of methoxy groups -OCH3 is 1. The van der Waals surface area contributed by atoms with E-state index in [1.807, 2.05) is 19.1 Å². The van der Waals surface area contributed by atoms with E-state index in [9.17, 15) is 9.18 Å². The summed E-state index contributed by atoms with van der Waals surface area (Å²) in [6.45, 7) is 2.43. The molecular formula is C16H16FNO2. The molecule has 104 valence electrons. The smallest absolute Gasteiger partial charge is 0.337 e. The van der Waals surface area contributed by atoms with Gasteiger partial charge in [0.15, 0.2) is 0 Å². The molecule has 0 aliphatic carbocycles. The number of hydrogen-bond acceptors (Lipinski definition) is 3. The van der Waals surface area contributed by atoms with E-state index < -0.39 is 0 Å². The second-order valence-corrected chi connectivity index (χ2v) is 4.50. The maximum absolute atomic E-state index is 13.1. The molecule has 0 amide bonds. The van der Waals surface area contributed by atoms with Gasteiger partial charge in [-0.3, -0.25) is 0 Å². The summed E-state index contributed by atoms with van der Waals surface area (Å²) in [7, 11) is 1.35. The summed E-state index contributed by atoms with van der Waals surface area (Å²) < 4.78 is 17.8. The second-order valence-electron chi connectivity index (χ2n) is 4.50. The first kappa shape index (κ1) is 14.1. The second kappa shape index (κ2) is 6.19. The lowest BCUT2D eigenvalue weighted by Crippen LogP contribution is -2.05. The Morgan fingerprint density at radius 1 is 1.25 bits per heavy atom. The van der Waals surface area contributed by atoms with Crippen LogP contribution in [-0.4, -0.2) is 13.1 Å². The van der Waals surface area contributed by atoms with E-state index in [1.165, 1.54) is 19.2 Å². The highest BCUT2D eigenvalue weighted by Gasteiger charge is 2.07. The van der Waals surface area contributed by atoms with E-state index in [0.717, 1.165) is 16.8 Å². The fourth-order valence-electron chi connectivity index (χ4n) is 1.90. The van der Waals surface area contributed by atoms with Gasteiger partial charge in [-0.05, 0) is 42.3 Å². The molecule has 0 saturated heterocycles. The third-order valence-electron chi connectivity index (χ3n) is 3.03. The lowest BCUT2D eigenvalue weighted by molar-refractivity contribution is 0.0601. The SMILES string of the molecule is COC(=O)c1ccc(C)c(NCc2cccc(F)c2)c1. The van der Waals surface area contributed by atoms with Crippen LogP contribution >= 0.6 is 0 Å². The van der Waals surface area contributed by atoms with E-state index >= 15 is 0 Å². The zero-order valence-corrected chi connectivity index (χ0v) is 11.4. The fourth-order valence-corrected chi connectivity index (χ4v) is 1.90. The van der Waals surface area contributed by atoms with Crippen molar-refractivity contribution in [2.45, 2.75) is 13.5 Å². The lowest BCUT2D eigenvalue weighted by atomic mass is 10.1. The van der Waals surface area contributed by atoms with Crippen molar-refractivity contribution in [3.63, 3.8) is 0 Å². The molecule has 0 saturated carbocycles. The molecule has 20 heavy (non-hydrogen) atoms. The van der Waals surface area contributed by atoms with Gasteiger partial charge in [0.1, 0.15) is 5.82 Å². The summed E-state index contributed by atoms with van der Waals surface area (Å²) in [5, 5.41) is 3.20. The van der Waals surface area contributed by atoms with Crippen molar-refractivity contribution < 1.29 is 13.9 Å². The van der Waals surface area contributed by atoms with Crippen LogP contribution in [0.2, 0.25) is 0 Å². The van der Waals surface area contributed by atoms with Crippen LogP contribution in [0.25, 0.3) is 0 Å². The molecule has 0 heterocycles. The first-order chi connectivity index (χ1) is 9.60. The van der Waals surface area contributed by atoms with E-state index in [0.29, 0.717) is 12.1 Å². The Kier molecular flexibility index (Phi) is 4.35.